The van der Waals surface area contributed by atoms with E-state index in [1.807, 2.05) is 0 Å². The Morgan fingerprint density at radius 1 is 1.18 bits per heavy atom. The summed E-state index contributed by atoms with van der Waals surface area (Å²) >= 11 is 0. The molecule has 0 aliphatic heterocycles. The van der Waals surface area contributed by atoms with Crippen LogP contribution in [0, 0.1) is 0 Å². The zero-order valence-electron chi connectivity index (χ0n) is 9.48. The molecule has 5 nitrogen and oxygen atoms in total. The average molecular weight is 236 g/mol. The van der Waals surface area contributed by atoms with Crippen LogP contribution in [0.15, 0.2) is 18.2 Å². The number of aromatic carboxylic acids is 1. The number of nitrogen functional groups attached to an aromatic ring is 1. The lowest BCUT2D eigenvalue weighted by Gasteiger charge is -2.06. The molecule has 0 saturated carbocycles. The third kappa shape index (κ3) is 3.57. The lowest BCUT2D eigenvalue weighted by atomic mass is 9.99. The van der Waals surface area contributed by atoms with Gasteiger partial charge < -0.3 is 16.6 Å². The summed E-state index contributed by atoms with van der Waals surface area (Å²) in [5.41, 5.74) is 11.4. The normalized spacial score (nSPS) is 10.2. The van der Waals surface area contributed by atoms with E-state index >= 15 is 0 Å². The number of carbonyl (C=O) groups is 2. The number of carboxylic acids is 1. The molecule has 1 aromatic rings. The quantitative estimate of drug-likeness (QED) is 0.392. The van der Waals surface area contributed by atoms with Crippen LogP contribution >= 0.6 is 0 Å². The molecule has 0 radical (unpaired) electrons. The van der Waals surface area contributed by atoms with Crippen LogP contribution in [0.1, 0.15) is 40.0 Å². The Labute approximate surface area is 99.4 Å². The lowest BCUT2D eigenvalue weighted by Crippen LogP contribution is -2.10. The van der Waals surface area contributed by atoms with Crippen molar-refractivity contribution in [2.45, 2.75) is 19.3 Å². The highest BCUT2D eigenvalue weighted by Gasteiger charge is 2.16. The van der Waals surface area contributed by atoms with E-state index in [1.165, 1.54) is 18.2 Å². The lowest BCUT2D eigenvalue weighted by molar-refractivity contribution is 0.0691. The molecular formula is C12H16N2O3. The van der Waals surface area contributed by atoms with Gasteiger partial charge in [0.2, 0.25) is 0 Å². The largest absolute Gasteiger partial charge is 0.478 e. The van der Waals surface area contributed by atoms with Gasteiger partial charge in [0.15, 0.2) is 5.78 Å². The third-order valence-corrected chi connectivity index (χ3v) is 2.43. The zero-order valence-corrected chi connectivity index (χ0v) is 9.48. The first-order valence-corrected chi connectivity index (χ1v) is 5.42. The first-order chi connectivity index (χ1) is 8.06. The van der Waals surface area contributed by atoms with Gasteiger partial charge in [0.1, 0.15) is 0 Å². The molecular weight excluding hydrogens is 220 g/mol. The molecule has 0 aliphatic carbocycles. The second-order valence-corrected chi connectivity index (χ2v) is 3.78. The van der Waals surface area contributed by atoms with Crippen LogP contribution in [0.3, 0.4) is 0 Å². The molecule has 1 rings (SSSR count). The molecule has 0 amide bonds. The zero-order chi connectivity index (χ0) is 12.8. The summed E-state index contributed by atoms with van der Waals surface area (Å²) in [5.74, 6) is -1.32. The Bertz CT molecular complexity index is 430. The molecule has 5 heteroatoms. The van der Waals surface area contributed by atoms with Crippen molar-refractivity contribution in [3.8, 4) is 0 Å². The average Bonchev–Trinajstić information content (AvgIpc) is 2.28. The Hall–Kier alpha value is -1.88. The van der Waals surface area contributed by atoms with Crippen molar-refractivity contribution >= 4 is 17.4 Å². The molecule has 5 N–H and O–H groups in total. The highest BCUT2D eigenvalue weighted by atomic mass is 16.4. The molecule has 0 bridgehead atoms. The van der Waals surface area contributed by atoms with Gasteiger partial charge in [-0.15, -0.1) is 0 Å². The van der Waals surface area contributed by atoms with E-state index in [9.17, 15) is 9.59 Å². The molecule has 0 saturated heterocycles. The molecule has 0 atom stereocenters. The van der Waals surface area contributed by atoms with Gasteiger partial charge in [-0.3, -0.25) is 4.79 Å². The van der Waals surface area contributed by atoms with Crippen LogP contribution in [0.4, 0.5) is 5.69 Å². The van der Waals surface area contributed by atoms with Gasteiger partial charge in [-0.1, -0.05) is 0 Å². The molecule has 0 fully saturated rings. The number of unbranched alkanes of at least 4 members (excludes halogenated alkanes) is 1. The first kappa shape index (κ1) is 13.2. The van der Waals surface area contributed by atoms with Crippen LogP contribution in [-0.4, -0.2) is 23.4 Å². The fourth-order valence-corrected chi connectivity index (χ4v) is 1.54. The molecule has 17 heavy (non-hydrogen) atoms. The maximum absolute atomic E-state index is 11.8. The smallest absolute Gasteiger partial charge is 0.336 e. The SMILES string of the molecule is NCCCCC(=O)c1cc(N)ccc1C(=O)O. The summed E-state index contributed by atoms with van der Waals surface area (Å²) in [6, 6.07) is 4.24. The Balaban J connectivity index is 2.90. The van der Waals surface area contributed by atoms with E-state index in [4.69, 9.17) is 16.6 Å². The van der Waals surface area contributed by atoms with E-state index < -0.39 is 5.97 Å². The monoisotopic (exact) mass is 236 g/mol. The van der Waals surface area contributed by atoms with E-state index in [2.05, 4.69) is 0 Å². The highest BCUT2D eigenvalue weighted by molar-refractivity contribution is 6.06. The van der Waals surface area contributed by atoms with E-state index in [0.29, 0.717) is 25.1 Å². The van der Waals surface area contributed by atoms with Gasteiger partial charge in [-0.2, -0.15) is 0 Å². The molecule has 0 spiro atoms. The van der Waals surface area contributed by atoms with Crippen LogP contribution < -0.4 is 11.5 Å². The van der Waals surface area contributed by atoms with Crippen LogP contribution in [0.5, 0.6) is 0 Å². The van der Waals surface area contributed by atoms with Crippen molar-refractivity contribution < 1.29 is 14.7 Å². The Morgan fingerprint density at radius 3 is 2.47 bits per heavy atom. The summed E-state index contributed by atoms with van der Waals surface area (Å²) in [5, 5.41) is 8.96. The van der Waals surface area contributed by atoms with Crippen molar-refractivity contribution in [2.75, 3.05) is 12.3 Å². The number of anilines is 1. The number of hydrogen-bond acceptors (Lipinski definition) is 4. The summed E-state index contributed by atoms with van der Waals surface area (Å²) in [4.78, 5) is 22.8. The van der Waals surface area contributed by atoms with Gasteiger partial charge in [-0.25, -0.2) is 4.79 Å². The Kier molecular flexibility index (Phi) is 4.66. The minimum Gasteiger partial charge on any atom is -0.478 e. The number of nitrogens with two attached hydrogens (primary N) is 2. The first-order valence-electron chi connectivity index (χ1n) is 5.42. The topological polar surface area (TPSA) is 106 Å². The second kappa shape index (κ2) is 6.00. The molecule has 0 aliphatic rings. The minimum atomic E-state index is -1.12. The predicted octanol–water partition coefficient (Wildman–Crippen LogP) is 1.28. The van der Waals surface area contributed by atoms with E-state index in [0.717, 1.165) is 6.42 Å². The van der Waals surface area contributed by atoms with Gasteiger partial charge >= 0.3 is 5.97 Å². The maximum atomic E-state index is 11.8. The highest BCUT2D eigenvalue weighted by Crippen LogP contribution is 2.16. The molecule has 92 valence electrons. The van der Waals surface area contributed by atoms with Crippen LogP contribution in [-0.2, 0) is 0 Å². The number of ketones is 1. The number of carboxylic acid groups (broad SMARTS) is 1. The fraction of sp³-hybridized carbons (Fsp3) is 0.333. The van der Waals surface area contributed by atoms with Gasteiger partial charge in [-0.05, 0) is 37.6 Å². The number of hydrogen-bond donors (Lipinski definition) is 3. The molecule has 0 aromatic heterocycles. The maximum Gasteiger partial charge on any atom is 0.336 e. The summed E-state index contributed by atoms with van der Waals surface area (Å²) in [6.07, 6.45) is 1.70. The summed E-state index contributed by atoms with van der Waals surface area (Å²) in [6.45, 7) is 0.524. The third-order valence-electron chi connectivity index (χ3n) is 2.43. The number of Topliss-reactive ketones (excluding diaryl/α,β-unsaturated/α-hetero) is 1. The van der Waals surface area contributed by atoms with E-state index in [1.54, 1.807) is 0 Å². The van der Waals surface area contributed by atoms with Crippen LogP contribution in [0.25, 0.3) is 0 Å². The Morgan fingerprint density at radius 2 is 1.88 bits per heavy atom. The minimum absolute atomic E-state index is 0.00283. The van der Waals surface area contributed by atoms with Crippen molar-refractivity contribution in [3.63, 3.8) is 0 Å². The standard InChI is InChI=1S/C12H16N2O3/c13-6-2-1-3-11(15)10-7-8(14)4-5-9(10)12(16)17/h4-5,7H,1-3,6,13-14H2,(H,16,17). The van der Waals surface area contributed by atoms with Crippen molar-refractivity contribution in [3.05, 3.63) is 29.3 Å². The molecule has 1 aromatic carbocycles. The molecule has 0 heterocycles. The summed E-state index contributed by atoms with van der Waals surface area (Å²) in [7, 11) is 0. The van der Waals surface area contributed by atoms with Crippen molar-refractivity contribution in [2.24, 2.45) is 5.73 Å². The van der Waals surface area contributed by atoms with Crippen LogP contribution in [0.2, 0.25) is 0 Å². The van der Waals surface area contributed by atoms with Crippen molar-refractivity contribution in [1.29, 1.82) is 0 Å². The number of carbonyl (C=O) groups excluding carboxylic acids is 1. The van der Waals surface area contributed by atoms with Gasteiger partial charge in [0.25, 0.3) is 0 Å². The van der Waals surface area contributed by atoms with Crippen molar-refractivity contribution in [1.82, 2.24) is 0 Å². The van der Waals surface area contributed by atoms with E-state index in [-0.39, 0.29) is 16.9 Å². The number of rotatable bonds is 6. The predicted molar refractivity (Wildman–Crippen MR) is 65.0 cm³/mol. The van der Waals surface area contributed by atoms with Gasteiger partial charge in [0, 0.05) is 17.7 Å². The van der Waals surface area contributed by atoms with Gasteiger partial charge in [0.05, 0.1) is 5.56 Å². The second-order valence-electron chi connectivity index (χ2n) is 3.78. The fourth-order valence-electron chi connectivity index (χ4n) is 1.54. The number of benzene rings is 1. The molecule has 0 unspecified atom stereocenters. The summed E-state index contributed by atoms with van der Waals surface area (Å²) < 4.78 is 0.